The maximum Gasteiger partial charge on any atom is 0.264 e. The fraction of sp³-hybridized carbons (Fsp3) is 0.278. The van der Waals surface area contributed by atoms with E-state index in [1.807, 2.05) is 57.2 Å². The van der Waals surface area contributed by atoms with E-state index in [2.05, 4.69) is 5.32 Å². The number of benzene rings is 4. The van der Waals surface area contributed by atoms with Gasteiger partial charge in [0.25, 0.3) is 10.0 Å². The van der Waals surface area contributed by atoms with Crippen LogP contribution in [-0.2, 0) is 32.6 Å². The molecule has 0 radical (unpaired) electrons. The van der Waals surface area contributed by atoms with Crippen LogP contribution in [0.25, 0.3) is 0 Å². The molecular weight excluding hydrogens is 657 g/mol. The third-order valence-electron chi connectivity index (χ3n) is 7.82. The van der Waals surface area contributed by atoms with Gasteiger partial charge in [0.05, 0.1) is 22.7 Å². The summed E-state index contributed by atoms with van der Waals surface area (Å²) in [5.74, 6) is -0.388. The highest BCUT2D eigenvalue weighted by Crippen LogP contribution is 2.33. The Hall–Kier alpha value is -4.05. The van der Waals surface area contributed by atoms with Gasteiger partial charge >= 0.3 is 0 Å². The van der Waals surface area contributed by atoms with Crippen LogP contribution in [0, 0.1) is 6.92 Å². The van der Waals surface area contributed by atoms with Crippen LogP contribution in [0.3, 0.4) is 0 Å². The summed E-state index contributed by atoms with van der Waals surface area (Å²) >= 11 is 12.9. The molecule has 4 rings (SSSR count). The zero-order valence-electron chi connectivity index (χ0n) is 26.8. The first-order valence-corrected chi connectivity index (χ1v) is 17.4. The first kappa shape index (κ1) is 35.8. The number of anilines is 1. The molecule has 11 heteroatoms. The smallest absolute Gasteiger partial charge is 0.264 e. The lowest BCUT2D eigenvalue weighted by Gasteiger charge is -2.34. The number of halogens is 2. The predicted octanol–water partition coefficient (Wildman–Crippen LogP) is 7.06. The summed E-state index contributed by atoms with van der Waals surface area (Å²) in [5.41, 5.74) is 2.44. The van der Waals surface area contributed by atoms with Crippen molar-refractivity contribution in [1.29, 1.82) is 0 Å². The number of methoxy groups -OCH3 is 1. The Morgan fingerprint density at radius 1 is 0.894 bits per heavy atom. The lowest BCUT2D eigenvalue weighted by molar-refractivity contribution is -0.140. The van der Waals surface area contributed by atoms with E-state index in [4.69, 9.17) is 27.9 Å². The van der Waals surface area contributed by atoms with E-state index < -0.39 is 28.5 Å². The molecule has 0 fully saturated rings. The van der Waals surface area contributed by atoms with Crippen LogP contribution in [0.2, 0.25) is 10.0 Å². The molecule has 1 N–H and O–H groups in total. The van der Waals surface area contributed by atoms with Gasteiger partial charge in [0, 0.05) is 24.0 Å². The summed E-state index contributed by atoms with van der Waals surface area (Å²) in [4.78, 5) is 30.0. The Bertz CT molecular complexity index is 1790. The Morgan fingerprint density at radius 3 is 2.23 bits per heavy atom. The number of hydrogen-bond donors (Lipinski definition) is 1. The molecule has 4 aromatic rings. The van der Waals surface area contributed by atoms with Crippen LogP contribution >= 0.6 is 23.2 Å². The monoisotopic (exact) mass is 695 g/mol. The van der Waals surface area contributed by atoms with Crippen LogP contribution in [0.1, 0.15) is 37.0 Å². The molecule has 0 saturated heterocycles. The number of sulfonamides is 1. The molecule has 8 nitrogen and oxygen atoms in total. The molecule has 0 aromatic heterocycles. The second-order valence-corrected chi connectivity index (χ2v) is 14.0. The Kier molecular flexibility index (Phi) is 12.3. The number of ether oxygens (including phenoxy) is 1. The number of nitrogens with zero attached hydrogens (tertiary/aromatic N) is 2. The highest BCUT2D eigenvalue weighted by molar-refractivity contribution is 7.92. The number of carbonyl (C=O) groups excluding carboxylic acids is 2. The molecule has 248 valence electrons. The predicted molar refractivity (Wildman–Crippen MR) is 188 cm³/mol. The molecule has 0 bridgehead atoms. The molecule has 2 atom stereocenters. The maximum atomic E-state index is 14.6. The zero-order valence-corrected chi connectivity index (χ0v) is 29.1. The first-order chi connectivity index (χ1) is 22.4. The van der Waals surface area contributed by atoms with Crippen molar-refractivity contribution in [3.8, 4) is 5.75 Å². The van der Waals surface area contributed by atoms with Crippen LogP contribution < -0.4 is 14.4 Å². The molecule has 0 aliphatic rings. The van der Waals surface area contributed by atoms with Crippen molar-refractivity contribution in [3.63, 3.8) is 0 Å². The molecule has 4 aromatic carbocycles. The third-order valence-corrected chi connectivity index (χ3v) is 10.2. The fourth-order valence-electron chi connectivity index (χ4n) is 4.99. The molecule has 0 aliphatic carbocycles. The van der Waals surface area contributed by atoms with E-state index in [1.54, 1.807) is 37.4 Å². The van der Waals surface area contributed by atoms with Gasteiger partial charge in [-0.15, -0.1) is 0 Å². The second-order valence-electron chi connectivity index (χ2n) is 11.3. The summed E-state index contributed by atoms with van der Waals surface area (Å²) in [6.07, 6.45) is 0.880. The zero-order chi connectivity index (χ0) is 34.1. The van der Waals surface area contributed by atoms with E-state index in [-0.39, 0.29) is 45.5 Å². The number of amides is 2. The Balaban J connectivity index is 1.85. The van der Waals surface area contributed by atoms with Crippen molar-refractivity contribution in [3.05, 3.63) is 124 Å². The van der Waals surface area contributed by atoms with Gasteiger partial charge in [0.1, 0.15) is 18.3 Å². The number of rotatable bonds is 14. The van der Waals surface area contributed by atoms with Gasteiger partial charge in [-0.1, -0.05) is 90.3 Å². The van der Waals surface area contributed by atoms with Crippen molar-refractivity contribution in [2.75, 3.05) is 18.0 Å². The van der Waals surface area contributed by atoms with Gasteiger partial charge in [-0.2, -0.15) is 0 Å². The van der Waals surface area contributed by atoms with Gasteiger partial charge in [-0.3, -0.25) is 13.9 Å². The number of carbonyl (C=O) groups is 2. The van der Waals surface area contributed by atoms with Gasteiger partial charge in [-0.25, -0.2) is 8.42 Å². The van der Waals surface area contributed by atoms with Crippen LogP contribution in [0.15, 0.2) is 102 Å². The molecule has 0 aliphatic heterocycles. The highest BCUT2D eigenvalue weighted by atomic mass is 35.5. The quantitative estimate of drug-likeness (QED) is 0.152. The molecule has 0 spiro atoms. The minimum Gasteiger partial charge on any atom is -0.497 e. The fourth-order valence-corrected chi connectivity index (χ4v) is 6.85. The summed E-state index contributed by atoms with van der Waals surface area (Å²) in [6, 6.07) is 26.2. The summed E-state index contributed by atoms with van der Waals surface area (Å²) in [6.45, 7) is 5.05. The lowest BCUT2D eigenvalue weighted by atomic mass is 10.0. The lowest BCUT2D eigenvalue weighted by Crippen LogP contribution is -2.54. The molecule has 0 heterocycles. The topological polar surface area (TPSA) is 96.0 Å². The van der Waals surface area contributed by atoms with Gasteiger partial charge in [0.2, 0.25) is 11.8 Å². The molecular formula is C36H39Cl2N3O5S. The highest BCUT2D eigenvalue weighted by Gasteiger charge is 2.35. The normalized spacial score (nSPS) is 12.6. The minimum atomic E-state index is -4.33. The molecule has 0 saturated carbocycles. The average Bonchev–Trinajstić information content (AvgIpc) is 3.06. The van der Waals surface area contributed by atoms with Crippen molar-refractivity contribution in [2.45, 2.75) is 57.1 Å². The van der Waals surface area contributed by atoms with Crippen molar-refractivity contribution in [2.24, 2.45) is 0 Å². The first-order valence-electron chi connectivity index (χ1n) is 15.2. The van der Waals surface area contributed by atoms with Crippen molar-refractivity contribution < 1.29 is 22.7 Å². The third kappa shape index (κ3) is 9.28. The maximum absolute atomic E-state index is 14.6. The van der Waals surface area contributed by atoms with Crippen molar-refractivity contribution >= 4 is 50.7 Å². The molecule has 47 heavy (non-hydrogen) atoms. The molecule has 2 amide bonds. The number of nitrogens with one attached hydrogen (secondary N) is 1. The van der Waals surface area contributed by atoms with Crippen molar-refractivity contribution in [1.82, 2.24) is 10.2 Å². The van der Waals surface area contributed by atoms with E-state index in [0.29, 0.717) is 17.7 Å². The SMILES string of the molecule is CC[C@H](C)NC(=O)[C@H](Cc1ccccc1)N(Cc1cccc(OC)c1)C(=O)CN(c1cc(Cl)ccc1Cl)S(=O)(=O)c1ccc(C)cc1. The molecule has 0 unspecified atom stereocenters. The van der Waals surface area contributed by atoms with Gasteiger partial charge < -0.3 is 15.0 Å². The summed E-state index contributed by atoms with van der Waals surface area (Å²) < 4.78 is 34.9. The largest absolute Gasteiger partial charge is 0.497 e. The average molecular weight is 697 g/mol. The van der Waals surface area contributed by atoms with Crippen LogP contribution in [0.5, 0.6) is 5.75 Å². The Labute approximate surface area is 287 Å². The Morgan fingerprint density at radius 2 is 1.57 bits per heavy atom. The van der Waals surface area contributed by atoms with Gasteiger partial charge in [0.15, 0.2) is 0 Å². The van der Waals surface area contributed by atoms with Gasteiger partial charge in [-0.05, 0) is 73.9 Å². The van der Waals surface area contributed by atoms with E-state index in [1.165, 1.54) is 35.2 Å². The second kappa shape index (κ2) is 16.2. The van der Waals surface area contributed by atoms with Crippen LogP contribution in [0.4, 0.5) is 5.69 Å². The van der Waals surface area contributed by atoms with E-state index in [0.717, 1.165) is 15.4 Å². The van der Waals surface area contributed by atoms with Crippen LogP contribution in [-0.4, -0.2) is 50.9 Å². The summed E-state index contributed by atoms with van der Waals surface area (Å²) in [7, 11) is -2.78. The standard InChI is InChI=1S/C36H39Cl2N3O5S/c1-5-26(3)39-36(43)34(21-27-10-7-6-8-11-27)40(23-28-12-9-13-30(20-28)46-4)35(42)24-41(33-22-29(37)16-19-32(33)38)47(44,45)31-17-14-25(2)15-18-31/h6-20,22,26,34H,5,21,23-24H2,1-4H3,(H,39,43)/t26-,34-/m0/s1. The minimum absolute atomic E-state index is 0.00313. The summed E-state index contributed by atoms with van der Waals surface area (Å²) in [5, 5.41) is 3.36. The van der Waals surface area contributed by atoms with E-state index >= 15 is 0 Å². The van der Waals surface area contributed by atoms with E-state index in [9.17, 15) is 18.0 Å². The number of hydrogen-bond acceptors (Lipinski definition) is 5. The number of aryl methyl sites for hydroxylation is 1.